The molecule has 1 aromatic rings. The van der Waals surface area contributed by atoms with E-state index < -0.39 is 5.54 Å². The number of carbonyl (C=O) groups is 2. The van der Waals surface area contributed by atoms with Gasteiger partial charge in [-0.25, -0.2) is 9.98 Å². The number of rotatable bonds is 7. The van der Waals surface area contributed by atoms with E-state index in [1.54, 1.807) is 19.2 Å². The largest absolute Gasteiger partial charge is 0.384 e. The number of likely N-dealkylation sites (N-methyl/N-ethyl adjacent to an activating group) is 1. The molecular formula is C25H38N6O2. The number of anilines is 1. The van der Waals surface area contributed by atoms with Crippen LogP contribution in [0.15, 0.2) is 23.3 Å². The van der Waals surface area contributed by atoms with Gasteiger partial charge in [-0.15, -0.1) is 0 Å². The third kappa shape index (κ3) is 5.47. The number of hydrogen-bond acceptors (Lipinski definition) is 6. The van der Waals surface area contributed by atoms with Crippen LogP contribution in [0.1, 0.15) is 87.4 Å². The first-order valence-electron chi connectivity index (χ1n) is 12.5. The minimum atomic E-state index is -0.742. The van der Waals surface area contributed by atoms with Crippen molar-refractivity contribution in [2.75, 3.05) is 12.8 Å². The number of aliphatic imine (C=N–C) groups is 1. The summed E-state index contributed by atoms with van der Waals surface area (Å²) in [5.74, 6) is 1.66. The topological polar surface area (TPSA) is 127 Å². The van der Waals surface area contributed by atoms with Crippen LogP contribution in [0.5, 0.6) is 0 Å². The minimum Gasteiger partial charge on any atom is -0.384 e. The Morgan fingerprint density at radius 3 is 2.55 bits per heavy atom. The van der Waals surface area contributed by atoms with E-state index in [0.717, 1.165) is 38.5 Å². The SMILES string of the molecule is CN1C(=O)[C@@](CCC2CCCCC2)(C[C@H]2CCC[C@@H](NC(=O)c3ccc(N)nc3)C2)N=C1N. The molecule has 2 saturated carbocycles. The Morgan fingerprint density at radius 2 is 1.88 bits per heavy atom. The number of amides is 2. The standard InChI is InChI=1S/C25H38N6O2/c1-31-23(33)25(30-24(31)27,13-12-17-6-3-2-4-7-17)15-18-8-5-9-20(14-18)29-22(32)19-10-11-21(26)28-16-19/h10-11,16-18,20H,2-9,12-15H2,1H3,(H2,26,28)(H2,27,30)(H,29,32)/t18-,20+,25+/m0/s1. The quantitative estimate of drug-likeness (QED) is 0.583. The zero-order valence-electron chi connectivity index (χ0n) is 19.8. The van der Waals surface area contributed by atoms with Gasteiger partial charge >= 0.3 is 0 Å². The Bertz CT molecular complexity index is 879. The third-order valence-corrected chi connectivity index (χ3v) is 7.86. The predicted molar refractivity (Wildman–Crippen MR) is 129 cm³/mol. The fourth-order valence-corrected chi connectivity index (χ4v) is 5.97. The highest BCUT2D eigenvalue weighted by Gasteiger charge is 2.48. The number of pyridine rings is 1. The number of guanidine groups is 1. The molecule has 0 radical (unpaired) electrons. The van der Waals surface area contributed by atoms with Gasteiger partial charge in [-0.2, -0.15) is 0 Å². The Labute approximate surface area is 196 Å². The summed E-state index contributed by atoms with van der Waals surface area (Å²) in [6.07, 6.45) is 14.3. The zero-order chi connectivity index (χ0) is 23.4. The van der Waals surface area contributed by atoms with E-state index in [1.807, 2.05) is 0 Å². The Kier molecular flexibility index (Phi) is 7.20. The molecule has 1 aromatic heterocycles. The van der Waals surface area contributed by atoms with Crippen molar-refractivity contribution < 1.29 is 9.59 Å². The number of nitrogens with zero attached hydrogens (tertiary/aromatic N) is 3. The number of carbonyl (C=O) groups excluding carboxylic acids is 2. The summed E-state index contributed by atoms with van der Waals surface area (Å²) in [6.45, 7) is 0. The molecule has 0 spiro atoms. The predicted octanol–water partition coefficient (Wildman–Crippen LogP) is 3.23. The van der Waals surface area contributed by atoms with Crippen molar-refractivity contribution in [3.05, 3.63) is 23.9 Å². The number of nitrogens with two attached hydrogens (primary N) is 2. The highest BCUT2D eigenvalue weighted by molar-refractivity contribution is 6.06. The highest BCUT2D eigenvalue weighted by atomic mass is 16.2. The maximum atomic E-state index is 13.3. The molecular weight excluding hydrogens is 416 g/mol. The van der Waals surface area contributed by atoms with E-state index in [4.69, 9.17) is 16.5 Å². The molecule has 2 heterocycles. The molecule has 8 nitrogen and oxygen atoms in total. The van der Waals surface area contributed by atoms with Gasteiger partial charge < -0.3 is 16.8 Å². The summed E-state index contributed by atoms with van der Waals surface area (Å²) in [4.78, 5) is 36.3. The molecule has 0 unspecified atom stereocenters. The molecule has 4 rings (SSSR count). The Morgan fingerprint density at radius 1 is 1.12 bits per heavy atom. The second kappa shape index (κ2) is 10.1. The maximum absolute atomic E-state index is 13.3. The Hall–Kier alpha value is -2.64. The monoisotopic (exact) mass is 454 g/mol. The molecule has 2 fully saturated rings. The second-order valence-corrected chi connectivity index (χ2v) is 10.3. The molecule has 2 amide bonds. The van der Waals surface area contributed by atoms with Gasteiger partial charge in [0.25, 0.3) is 11.8 Å². The van der Waals surface area contributed by atoms with Gasteiger partial charge in [0.05, 0.1) is 5.56 Å². The van der Waals surface area contributed by atoms with E-state index in [0.29, 0.717) is 35.6 Å². The van der Waals surface area contributed by atoms with E-state index in [-0.39, 0.29) is 17.9 Å². The van der Waals surface area contributed by atoms with Gasteiger partial charge in [0.1, 0.15) is 11.4 Å². The van der Waals surface area contributed by atoms with Crippen molar-refractivity contribution >= 4 is 23.6 Å². The van der Waals surface area contributed by atoms with Crippen molar-refractivity contribution in [1.29, 1.82) is 0 Å². The van der Waals surface area contributed by atoms with Crippen LogP contribution in [0.3, 0.4) is 0 Å². The lowest BCUT2D eigenvalue weighted by molar-refractivity contribution is -0.131. The summed E-state index contributed by atoms with van der Waals surface area (Å²) >= 11 is 0. The third-order valence-electron chi connectivity index (χ3n) is 7.86. The van der Waals surface area contributed by atoms with E-state index in [2.05, 4.69) is 10.3 Å². The second-order valence-electron chi connectivity index (χ2n) is 10.3. The molecule has 5 N–H and O–H groups in total. The molecule has 3 atom stereocenters. The van der Waals surface area contributed by atoms with E-state index >= 15 is 0 Å². The molecule has 1 aliphatic heterocycles. The van der Waals surface area contributed by atoms with Gasteiger partial charge in [0.2, 0.25) is 0 Å². The average Bonchev–Trinajstić information content (AvgIpc) is 3.02. The summed E-state index contributed by atoms with van der Waals surface area (Å²) in [6, 6.07) is 3.42. The zero-order valence-corrected chi connectivity index (χ0v) is 19.8. The lowest BCUT2D eigenvalue weighted by Gasteiger charge is -2.35. The number of hydrogen-bond donors (Lipinski definition) is 3. The Balaban J connectivity index is 1.40. The molecule has 8 heteroatoms. The van der Waals surface area contributed by atoms with Crippen LogP contribution in [0.25, 0.3) is 0 Å². The number of aromatic nitrogens is 1. The fourth-order valence-electron chi connectivity index (χ4n) is 5.97. The number of nitrogen functional groups attached to an aromatic ring is 1. The van der Waals surface area contributed by atoms with E-state index in [1.165, 1.54) is 43.2 Å². The summed E-state index contributed by atoms with van der Waals surface area (Å²) < 4.78 is 0. The summed E-state index contributed by atoms with van der Waals surface area (Å²) in [5, 5.41) is 3.16. The molecule has 0 saturated heterocycles. The van der Waals surface area contributed by atoms with Crippen molar-refractivity contribution in [2.24, 2.45) is 22.6 Å². The van der Waals surface area contributed by atoms with Crippen LogP contribution < -0.4 is 16.8 Å². The molecule has 180 valence electrons. The lowest BCUT2D eigenvalue weighted by atomic mass is 9.74. The van der Waals surface area contributed by atoms with Crippen LogP contribution >= 0.6 is 0 Å². The van der Waals surface area contributed by atoms with Crippen LogP contribution in [-0.4, -0.2) is 46.3 Å². The van der Waals surface area contributed by atoms with Gasteiger partial charge in [-0.1, -0.05) is 44.9 Å². The first kappa shape index (κ1) is 23.5. The van der Waals surface area contributed by atoms with Crippen LogP contribution in [-0.2, 0) is 4.79 Å². The highest BCUT2D eigenvalue weighted by Crippen LogP contribution is 2.40. The number of nitrogens with one attached hydrogen (secondary N) is 1. The molecule has 3 aliphatic rings. The van der Waals surface area contributed by atoms with E-state index in [9.17, 15) is 9.59 Å². The molecule has 0 aromatic carbocycles. The van der Waals surface area contributed by atoms with Crippen LogP contribution in [0.4, 0.5) is 5.82 Å². The maximum Gasteiger partial charge on any atom is 0.257 e. The van der Waals surface area contributed by atoms with Crippen molar-refractivity contribution in [3.63, 3.8) is 0 Å². The first-order valence-corrected chi connectivity index (χ1v) is 12.5. The first-order chi connectivity index (χ1) is 15.9. The summed E-state index contributed by atoms with van der Waals surface area (Å²) in [7, 11) is 1.73. The van der Waals surface area contributed by atoms with Crippen molar-refractivity contribution in [2.45, 2.75) is 88.6 Å². The fraction of sp³-hybridized carbons (Fsp3) is 0.680. The van der Waals surface area contributed by atoms with Gasteiger partial charge in [-0.3, -0.25) is 14.5 Å². The lowest BCUT2D eigenvalue weighted by Crippen LogP contribution is -2.45. The molecule has 33 heavy (non-hydrogen) atoms. The minimum absolute atomic E-state index is 0.0370. The van der Waals surface area contributed by atoms with Crippen molar-refractivity contribution in [3.8, 4) is 0 Å². The molecule has 2 aliphatic carbocycles. The van der Waals surface area contributed by atoms with Crippen molar-refractivity contribution in [1.82, 2.24) is 15.2 Å². The summed E-state index contributed by atoms with van der Waals surface area (Å²) in [5.41, 5.74) is 11.5. The van der Waals surface area contributed by atoms with Gasteiger partial charge in [-0.05, 0) is 56.1 Å². The van der Waals surface area contributed by atoms with Crippen LogP contribution in [0, 0.1) is 11.8 Å². The average molecular weight is 455 g/mol. The van der Waals surface area contributed by atoms with Gasteiger partial charge in [0, 0.05) is 19.3 Å². The smallest absolute Gasteiger partial charge is 0.257 e. The van der Waals surface area contributed by atoms with Gasteiger partial charge in [0.15, 0.2) is 5.96 Å². The normalized spacial score (nSPS) is 28.6. The molecule has 0 bridgehead atoms. The van der Waals surface area contributed by atoms with Crippen LogP contribution in [0.2, 0.25) is 0 Å².